The minimum Gasteiger partial charge on any atom is -0.451 e. The monoisotopic (exact) mass is 247 g/mol. The van der Waals surface area contributed by atoms with Crippen LogP contribution in [0.5, 0.6) is 0 Å². The molecule has 0 saturated carbocycles. The summed E-state index contributed by atoms with van der Waals surface area (Å²) in [6.07, 6.45) is 0. The smallest absolute Gasteiger partial charge is 0.289 e. The van der Waals surface area contributed by atoms with E-state index in [4.69, 9.17) is 4.42 Å². The lowest BCUT2D eigenvalue weighted by Gasteiger charge is -2.33. The molecule has 0 unspecified atom stereocenters. The number of hydrogen-bond acceptors (Lipinski definition) is 3. The average Bonchev–Trinajstić information content (AvgIpc) is 2.80. The summed E-state index contributed by atoms with van der Waals surface area (Å²) >= 11 is 0. The average molecular weight is 247 g/mol. The largest absolute Gasteiger partial charge is 0.451 e. The van der Waals surface area contributed by atoms with Crippen molar-refractivity contribution >= 4 is 16.9 Å². The summed E-state index contributed by atoms with van der Waals surface area (Å²) in [6, 6.07) is 9.20. The van der Waals surface area contributed by atoms with Gasteiger partial charge in [0.25, 0.3) is 5.91 Å². The third-order valence-electron chi connectivity index (χ3n) is 3.24. The highest BCUT2D eigenvalue weighted by molar-refractivity contribution is 5.96. The van der Waals surface area contributed by atoms with Gasteiger partial charge in [0.05, 0.1) is 12.1 Å². The quantitative estimate of drug-likeness (QED) is 0.905. The van der Waals surface area contributed by atoms with Gasteiger partial charge in [0, 0.05) is 12.4 Å². The lowest BCUT2D eigenvalue weighted by atomic mass is 10.0. The number of furan rings is 1. The van der Waals surface area contributed by atoms with E-state index < -0.39 is 5.54 Å². The van der Waals surface area contributed by atoms with Crippen molar-refractivity contribution in [3.05, 3.63) is 36.1 Å². The van der Waals surface area contributed by atoms with Crippen LogP contribution in [-0.4, -0.2) is 35.1 Å². The Morgan fingerprint density at radius 2 is 2.06 bits per heavy atom. The molecule has 0 aliphatic rings. The van der Waals surface area contributed by atoms with E-state index in [2.05, 4.69) is 0 Å². The highest BCUT2D eigenvalue weighted by atomic mass is 16.3. The number of likely N-dealkylation sites (N-methyl/N-ethyl adjacent to an activating group) is 1. The number of amides is 1. The first-order valence-corrected chi connectivity index (χ1v) is 5.83. The van der Waals surface area contributed by atoms with E-state index in [-0.39, 0.29) is 12.5 Å². The number of carbonyl (C=O) groups is 1. The molecule has 1 aromatic carbocycles. The molecule has 1 amide bonds. The third kappa shape index (κ3) is 2.11. The first-order valence-electron chi connectivity index (χ1n) is 5.83. The van der Waals surface area contributed by atoms with Gasteiger partial charge >= 0.3 is 0 Å². The topological polar surface area (TPSA) is 53.7 Å². The molecule has 4 heteroatoms. The van der Waals surface area contributed by atoms with Gasteiger partial charge in [-0.2, -0.15) is 0 Å². The lowest BCUT2D eigenvalue weighted by Crippen LogP contribution is -2.47. The standard InChI is InChI=1S/C14H17NO3/c1-14(2,9-16)15(3)13(17)12-8-10-6-4-5-7-11(10)18-12/h4-8,16H,9H2,1-3H3. The molecule has 1 heterocycles. The van der Waals surface area contributed by atoms with E-state index in [9.17, 15) is 9.90 Å². The molecule has 0 radical (unpaired) electrons. The number of nitrogens with zero attached hydrogens (tertiary/aromatic N) is 1. The molecular weight excluding hydrogens is 230 g/mol. The molecular formula is C14H17NO3. The van der Waals surface area contributed by atoms with Crippen molar-refractivity contribution in [1.29, 1.82) is 0 Å². The molecule has 1 N–H and O–H groups in total. The number of aliphatic hydroxyl groups is 1. The van der Waals surface area contributed by atoms with Gasteiger partial charge in [-0.3, -0.25) is 4.79 Å². The number of hydrogen-bond donors (Lipinski definition) is 1. The van der Waals surface area contributed by atoms with E-state index in [0.29, 0.717) is 11.3 Å². The summed E-state index contributed by atoms with van der Waals surface area (Å²) < 4.78 is 5.52. The SMILES string of the molecule is CN(C(=O)c1cc2ccccc2o1)C(C)(C)CO. The predicted octanol–water partition coefficient (Wildman–Crippen LogP) is 2.28. The number of aliphatic hydroxyl groups excluding tert-OH is 1. The summed E-state index contributed by atoms with van der Waals surface area (Å²) in [7, 11) is 1.66. The Hall–Kier alpha value is -1.81. The van der Waals surface area contributed by atoms with Gasteiger partial charge in [0.1, 0.15) is 5.58 Å². The van der Waals surface area contributed by atoms with Crippen LogP contribution in [0, 0.1) is 0 Å². The van der Waals surface area contributed by atoms with E-state index in [0.717, 1.165) is 5.39 Å². The molecule has 0 saturated heterocycles. The van der Waals surface area contributed by atoms with Crippen molar-refractivity contribution in [1.82, 2.24) is 4.90 Å². The van der Waals surface area contributed by atoms with Crippen molar-refractivity contribution in [3.63, 3.8) is 0 Å². The van der Waals surface area contributed by atoms with Crippen molar-refractivity contribution in [2.24, 2.45) is 0 Å². The number of rotatable bonds is 3. The van der Waals surface area contributed by atoms with Gasteiger partial charge < -0.3 is 14.4 Å². The molecule has 96 valence electrons. The molecule has 1 aromatic heterocycles. The van der Waals surface area contributed by atoms with Gasteiger partial charge in [0.15, 0.2) is 5.76 Å². The van der Waals surface area contributed by atoms with Crippen LogP contribution in [0.2, 0.25) is 0 Å². The second-order valence-electron chi connectivity index (χ2n) is 4.98. The Labute approximate surface area is 106 Å². The van der Waals surface area contributed by atoms with Crippen LogP contribution in [0.3, 0.4) is 0 Å². The number of carbonyl (C=O) groups excluding carboxylic acids is 1. The van der Waals surface area contributed by atoms with Crippen LogP contribution < -0.4 is 0 Å². The van der Waals surface area contributed by atoms with Gasteiger partial charge in [-0.05, 0) is 26.0 Å². The van der Waals surface area contributed by atoms with Crippen LogP contribution in [0.1, 0.15) is 24.4 Å². The normalized spacial score (nSPS) is 11.8. The van der Waals surface area contributed by atoms with E-state index in [1.807, 2.05) is 24.3 Å². The molecule has 2 aromatic rings. The number of benzene rings is 1. The van der Waals surface area contributed by atoms with Crippen molar-refractivity contribution in [2.75, 3.05) is 13.7 Å². The number of fused-ring (bicyclic) bond motifs is 1. The summed E-state index contributed by atoms with van der Waals surface area (Å²) in [5.41, 5.74) is 0.0758. The van der Waals surface area contributed by atoms with Crippen LogP contribution >= 0.6 is 0 Å². The van der Waals surface area contributed by atoms with Crippen molar-refractivity contribution < 1.29 is 14.3 Å². The highest BCUT2D eigenvalue weighted by Gasteiger charge is 2.29. The van der Waals surface area contributed by atoms with E-state index in [1.165, 1.54) is 4.90 Å². The second-order valence-corrected chi connectivity index (χ2v) is 4.98. The van der Waals surface area contributed by atoms with Gasteiger partial charge in [-0.1, -0.05) is 18.2 Å². The zero-order chi connectivity index (χ0) is 13.3. The molecule has 0 aliphatic carbocycles. The van der Waals surface area contributed by atoms with Crippen LogP contribution in [-0.2, 0) is 0 Å². The van der Waals surface area contributed by atoms with Crippen molar-refractivity contribution in [3.8, 4) is 0 Å². The minimum atomic E-state index is -0.615. The molecule has 0 aliphatic heterocycles. The fourth-order valence-corrected chi connectivity index (χ4v) is 1.63. The van der Waals surface area contributed by atoms with Crippen LogP contribution in [0.15, 0.2) is 34.7 Å². The zero-order valence-corrected chi connectivity index (χ0v) is 10.8. The summed E-state index contributed by atoms with van der Waals surface area (Å²) in [5, 5.41) is 10.2. The Balaban J connectivity index is 2.34. The van der Waals surface area contributed by atoms with Gasteiger partial charge in [0.2, 0.25) is 0 Å². The van der Waals surface area contributed by atoms with Crippen LogP contribution in [0.4, 0.5) is 0 Å². The van der Waals surface area contributed by atoms with Crippen LogP contribution in [0.25, 0.3) is 11.0 Å². The fraction of sp³-hybridized carbons (Fsp3) is 0.357. The fourth-order valence-electron chi connectivity index (χ4n) is 1.63. The first kappa shape index (κ1) is 12.6. The Morgan fingerprint density at radius 1 is 1.39 bits per heavy atom. The molecule has 18 heavy (non-hydrogen) atoms. The van der Waals surface area contributed by atoms with Crippen molar-refractivity contribution in [2.45, 2.75) is 19.4 Å². The maximum atomic E-state index is 12.2. The Kier molecular flexibility index (Phi) is 3.13. The first-order chi connectivity index (χ1) is 8.45. The zero-order valence-electron chi connectivity index (χ0n) is 10.8. The van der Waals surface area contributed by atoms with E-state index >= 15 is 0 Å². The summed E-state index contributed by atoms with van der Waals surface area (Å²) in [4.78, 5) is 13.7. The molecule has 0 spiro atoms. The molecule has 0 atom stereocenters. The maximum Gasteiger partial charge on any atom is 0.289 e. The van der Waals surface area contributed by atoms with Gasteiger partial charge in [-0.15, -0.1) is 0 Å². The lowest BCUT2D eigenvalue weighted by molar-refractivity contribution is 0.0446. The molecule has 2 rings (SSSR count). The maximum absolute atomic E-state index is 12.2. The molecule has 4 nitrogen and oxygen atoms in total. The summed E-state index contributed by atoms with van der Waals surface area (Å²) in [5.74, 6) is 0.0606. The third-order valence-corrected chi connectivity index (χ3v) is 3.24. The highest BCUT2D eigenvalue weighted by Crippen LogP contribution is 2.22. The number of para-hydroxylation sites is 1. The predicted molar refractivity (Wildman–Crippen MR) is 69.5 cm³/mol. The Morgan fingerprint density at radius 3 is 2.67 bits per heavy atom. The van der Waals surface area contributed by atoms with Gasteiger partial charge in [-0.25, -0.2) is 0 Å². The summed E-state index contributed by atoms with van der Waals surface area (Å²) in [6.45, 7) is 3.50. The molecule has 0 bridgehead atoms. The van der Waals surface area contributed by atoms with E-state index in [1.54, 1.807) is 27.0 Å². The second kappa shape index (κ2) is 4.46. The molecule has 0 fully saturated rings. The Bertz CT molecular complexity index is 538. The minimum absolute atomic E-state index is 0.102.